The highest BCUT2D eigenvalue weighted by molar-refractivity contribution is 6.30. The fourth-order valence-corrected chi connectivity index (χ4v) is 2.29. The van der Waals surface area contributed by atoms with Crippen molar-refractivity contribution < 1.29 is 4.74 Å². The minimum absolute atomic E-state index is 0.0636. The van der Waals surface area contributed by atoms with E-state index >= 15 is 0 Å². The van der Waals surface area contributed by atoms with E-state index in [2.05, 4.69) is 10.3 Å². The molecule has 88 valence electrons. The zero-order valence-electron chi connectivity index (χ0n) is 9.24. The molecule has 1 fully saturated rings. The summed E-state index contributed by atoms with van der Waals surface area (Å²) < 4.78 is 5.67. The van der Waals surface area contributed by atoms with Crippen LogP contribution in [0.3, 0.4) is 0 Å². The summed E-state index contributed by atoms with van der Waals surface area (Å²) in [6.07, 6.45) is 3.85. The van der Waals surface area contributed by atoms with E-state index in [4.69, 9.17) is 22.1 Å². The summed E-state index contributed by atoms with van der Waals surface area (Å²) in [6, 6.07) is 1.92. The van der Waals surface area contributed by atoms with Crippen molar-refractivity contribution in [2.75, 3.05) is 19.4 Å². The molecule has 1 aromatic heterocycles. The maximum Gasteiger partial charge on any atom is 0.128 e. The monoisotopic (exact) mass is 241 g/mol. The zero-order chi connectivity index (χ0) is 11.5. The van der Waals surface area contributed by atoms with Gasteiger partial charge >= 0.3 is 0 Å². The van der Waals surface area contributed by atoms with Gasteiger partial charge in [0, 0.05) is 18.4 Å². The van der Waals surface area contributed by atoms with Crippen molar-refractivity contribution in [1.82, 2.24) is 10.3 Å². The molecule has 4 nitrogen and oxygen atoms in total. The molecule has 16 heavy (non-hydrogen) atoms. The molecule has 3 N–H and O–H groups in total. The first-order valence-corrected chi connectivity index (χ1v) is 5.80. The Kier molecular flexibility index (Phi) is 3.63. The van der Waals surface area contributed by atoms with Gasteiger partial charge < -0.3 is 15.8 Å². The highest BCUT2D eigenvalue weighted by atomic mass is 35.5. The molecule has 2 heterocycles. The average Bonchev–Trinajstić information content (AvgIpc) is 2.78. The van der Waals surface area contributed by atoms with Crippen molar-refractivity contribution >= 4 is 17.4 Å². The fraction of sp³-hybridized carbons (Fsp3) is 0.545. The topological polar surface area (TPSA) is 60.2 Å². The van der Waals surface area contributed by atoms with Crippen molar-refractivity contribution in [1.29, 1.82) is 0 Å². The number of anilines is 1. The van der Waals surface area contributed by atoms with Crippen LogP contribution < -0.4 is 11.1 Å². The molecule has 5 heteroatoms. The standard InChI is InChI=1S/C11H16ClN3O/c1-14-10(9-3-2-4-16-9)8-5-7(12)6-15-11(8)13/h5-6,9-10,14H,2-4H2,1H3,(H2,13,15). The summed E-state index contributed by atoms with van der Waals surface area (Å²) in [5.74, 6) is 0.513. The lowest BCUT2D eigenvalue weighted by molar-refractivity contribution is 0.0809. The third kappa shape index (κ3) is 2.29. The van der Waals surface area contributed by atoms with Gasteiger partial charge in [-0.3, -0.25) is 0 Å². The molecule has 1 saturated heterocycles. The maximum atomic E-state index is 5.94. The van der Waals surface area contributed by atoms with Crippen LogP contribution in [0.15, 0.2) is 12.3 Å². The van der Waals surface area contributed by atoms with E-state index < -0.39 is 0 Å². The molecular formula is C11H16ClN3O. The van der Waals surface area contributed by atoms with Gasteiger partial charge in [0.1, 0.15) is 5.82 Å². The third-order valence-corrected chi connectivity index (χ3v) is 3.11. The third-order valence-electron chi connectivity index (χ3n) is 2.90. The Hall–Kier alpha value is -0.840. The molecule has 0 saturated carbocycles. The smallest absolute Gasteiger partial charge is 0.128 e. The summed E-state index contributed by atoms with van der Waals surface area (Å²) in [7, 11) is 1.90. The number of ether oxygens (including phenoxy) is 1. The van der Waals surface area contributed by atoms with E-state index in [0.29, 0.717) is 10.8 Å². The number of hydrogen-bond acceptors (Lipinski definition) is 4. The van der Waals surface area contributed by atoms with Gasteiger partial charge in [0.05, 0.1) is 17.2 Å². The van der Waals surface area contributed by atoms with Gasteiger partial charge in [-0.05, 0) is 26.0 Å². The van der Waals surface area contributed by atoms with Crippen molar-refractivity contribution in [2.24, 2.45) is 0 Å². The summed E-state index contributed by atoms with van der Waals surface area (Å²) in [5.41, 5.74) is 6.79. The molecule has 0 amide bonds. The Labute approximate surface area is 100 Å². The number of nitrogens with one attached hydrogen (secondary N) is 1. The largest absolute Gasteiger partial charge is 0.383 e. The van der Waals surface area contributed by atoms with Crippen LogP contribution in [0.25, 0.3) is 0 Å². The van der Waals surface area contributed by atoms with E-state index in [9.17, 15) is 0 Å². The fourth-order valence-electron chi connectivity index (χ4n) is 2.12. The Morgan fingerprint density at radius 1 is 1.69 bits per heavy atom. The molecule has 0 bridgehead atoms. The minimum Gasteiger partial charge on any atom is -0.383 e. The highest BCUT2D eigenvalue weighted by Gasteiger charge is 2.27. The van der Waals surface area contributed by atoms with Gasteiger partial charge in [-0.2, -0.15) is 0 Å². The van der Waals surface area contributed by atoms with Crippen LogP contribution in [-0.2, 0) is 4.74 Å². The second-order valence-corrected chi connectivity index (χ2v) is 4.38. The predicted molar refractivity (Wildman–Crippen MR) is 64.4 cm³/mol. The summed E-state index contributed by atoms with van der Waals surface area (Å²) in [6.45, 7) is 0.816. The van der Waals surface area contributed by atoms with E-state index in [0.717, 1.165) is 25.0 Å². The highest BCUT2D eigenvalue weighted by Crippen LogP contribution is 2.30. The Morgan fingerprint density at radius 2 is 2.50 bits per heavy atom. The van der Waals surface area contributed by atoms with Crippen LogP contribution in [0.5, 0.6) is 0 Å². The number of pyridine rings is 1. The number of nitrogens with zero attached hydrogens (tertiary/aromatic N) is 1. The number of halogens is 1. The minimum atomic E-state index is 0.0636. The lowest BCUT2D eigenvalue weighted by atomic mass is 10.0. The average molecular weight is 242 g/mol. The molecule has 0 aromatic carbocycles. The van der Waals surface area contributed by atoms with Crippen LogP contribution in [0.1, 0.15) is 24.4 Å². The Balaban J connectivity index is 2.28. The molecule has 1 aliphatic rings. The summed E-state index contributed by atoms with van der Waals surface area (Å²) >= 11 is 5.94. The van der Waals surface area contributed by atoms with Crippen molar-refractivity contribution in [3.8, 4) is 0 Å². The quantitative estimate of drug-likeness (QED) is 0.847. The van der Waals surface area contributed by atoms with Gasteiger partial charge in [-0.25, -0.2) is 4.98 Å². The molecule has 0 spiro atoms. The summed E-state index contributed by atoms with van der Waals surface area (Å²) in [5, 5.41) is 3.82. The Bertz CT molecular complexity index is 366. The van der Waals surface area contributed by atoms with Crippen molar-refractivity contribution in [3.63, 3.8) is 0 Å². The molecule has 1 aliphatic heterocycles. The van der Waals surface area contributed by atoms with Gasteiger partial charge in [0.15, 0.2) is 0 Å². The van der Waals surface area contributed by atoms with E-state index in [1.165, 1.54) is 0 Å². The second-order valence-electron chi connectivity index (χ2n) is 3.95. The number of nitrogens with two attached hydrogens (primary N) is 1. The van der Waals surface area contributed by atoms with Crippen LogP contribution in [0, 0.1) is 0 Å². The first-order valence-electron chi connectivity index (χ1n) is 5.42. The first kappa shape index (κ1) is 11.6. The van der Waals surface area contributed by atoms with E-state index in [1.54, 1.807) is 6.20 Å². The molecule has 2 atom stereocenters. The lowest BCUT2D eigenvalue weighted by Gasteiger charge is -2.23. The van der Waals surface area contributed by atoms with Crippen LogP contribution in [0.4, 0.5) is 5.82 Å². The summed E-state index contributed by atoms with van der Waals surface area (Å²) in [4.78, 5) is 4.07. The Morgan fingerprint density at radius 3 is 3.12 bits per heavy atom. The number of rotatable bonds is 3. The number of aromatic nitrogens is 1. The molecule has 0 aliphatic carbocycles. The zero-order valence-corrected chi connectivity index (χ0v) is 10.00. The van der Waals surface area contributed by atoms with Crippen LogP contribution >= 0.6 is 11.6 Å². The normalized spacial score (nSPS) is 22.2. The molecule has 1 aromatic rings. The van der Waals surface area contributed by atoms with Crippen molar-refractivity contribution in [3.05, 3.63) is 22.8 Å². The maximum absolute atomic E-state index is 5.94. The number of hydrogen-bond donors (Lipinski definition) is 2. The van der Waals surface area contributed by atoms with Gasteiger partial charge in [-0.15, -0.1) is 0 Å². The molecule has 0 radical (unpaired) electrons. The molecule has 2 rings (SSSR count). The van der Waals surface area contributed by atoms with Gasteiger partial charge in [-0.1, -0.05) is 11.6 Å². The van der Waals surface area contributed by atoms with Crippen LogP contribution in [-0.4, -0.2) is 24.7 Å². The number of nitrogen functional groups attached to an aromatic ring is 1. The molecule has 2 unspecified atom stereocenters. The van der Waals surface area contributed by atoms with Gasteiger partial charge in [0.25, 0.3) is 0 Å². The van der Waals surface area contributed by atoms with Gasteiger partial charge in [0.2, 0.25) is 0 Å². The first-order chi connectivity index (χ1) is 7.72. The van der Waals surface area contributed by atoms with Crippen molar-refractivity contribution in [2.45, 2.75) is 25.0 Å². The lowest BCUT2D eigenvalue weighted by Crippen LogP contribution is -2.29. The van der Waals surface area contributed by atoms with Crippen LogP contribution in [0.2, 0.25) is 5.02 Å². The predicted octanol–water partition coefficient (Wildman–Crippen LogP) is 1.76. The number of likely N-dealkylation sites (N-methyl/N-ethyl adjacent to an activating group) is 1. The van der Waals surface area contributed by atoms with E-state index in [1.807, 2.05) is 13.1 Å². The second kappa shape index (κ2) is 4.99. The van der Waals surface area contributed by atoms with E-state index in [-0.39, 0.29) is 12.1 Å². The SMILES string of the molecule is CNC(c1cc(Cl)cnc1N)C1CCCO1. The molecular weight excluding hydrogens is 226 g/mol.